The van der Waals surface area contributed by atoms with E-state index in [4.69, 9.17) is 4.42 Å². The third-order valence-corrected chi connectivity index (χ3v) is 2.68. The monoisotopic (exact) mass is 236 g/mol. The van der Waals surface area contributed by atoms with Gasteiger partial charge in [0, 0.05) is 13.1 Å². The van der Waals surface area contributed by atoms with Crippen LogP contribution in [0.2, 0.25) is 0 Å². The molecule has 6 nitrogen and oxygen atoms in total. The SMILES string of the molecule is C=CC(=O)NCc1nnc(N2CCCCC2)o1. The molecular formula is C11H16N4O2. The van der Waals surface area contributed by atoms with E-state index >= 15 is 0 Å². The number of carbonyl (C=O) groups excluding carboxylic acids is 1. The van der Waals surface area contributed by atoms with Crippen molar-refractivity contribution < 1.29 is 9.21 Å². The smallest absolute Gasteiger partial charge is 0.318 e. The second-order valence-corrected chi connectivity index (χ2v) is 3.95. The number of hydrogen-bond acceptors (Lipinski definition) is 5. The van der Waals surface area contributed by atoms with Crippen molar-refractivity contribution in [3.63, 3.8) is 0 Å². The van der Waals surface area contributed by atoms with Gasteiger partial charge in [-0.1, -0.05) is 11.7 Å². The van der Waals surface area contributed by atoms with Gasteiger partial charge < -0.3 is 14.6 Å². The summed E-state index contributed by atoms with van der Waals surface area (Å²) in [6.45, 7) is 5.52. The molecule has 1 fully saturated rings. The van der Waals surface area contributed by atoms with E-state index in [1.807, 2.05) is 0 Å². The first kappa shape index (κ1) is 11.6. The lowest BCUT2D eigenvalue weighted by molar-refractivity contribution is -0.116. The third kappa shape index (κ3) is 3.05. The van der Waals surface area contributed by atoms with Crippen molar-refractivity contribution in [2.24, 2.45) is 0 Å². The molecule has 0 spiro atoms. The van der Waals surface area contributed by atoms with Crippen molar-refractivity contribution in [3.8, 4) is 0 Å². The topological polar surface area (TPSA) is 71.3 Å². The molecule has 0 unspecified atom stereocenters. The lowest BCUT2D eigenvalue weighted by Gasteiger charge is -2.24. The van der Waals surface area contributed by atoms with Gasteiger partial charge >= 0.3 is 6.01 Å². The minimum absolute atomic E-state index is 0.242. The van der Waals surface area contributed by atoms with Crippen LogP contribution >= 0.6 is 0 Å². The average molecular weight is 236 g/mol. The normalized spacial score (nSPS) is 15.6. The Kier molecular flexibility index (Phi) is 3.74. The Labute approximate surface area is 99.7 Å². The zero-order valence-electron chi connectivity index (χ0n) is 9.69. The highest BCUT2D eigenvalue weighted by Crippen LogP contribution is 2.17. The summed E-state index contributed by atoms with van der Waals surface area (Å²) in [5.74, 6) is 0.170. The van der Waals surface area contributed by atoms with E-state index in [1.54, 1.807) is 0 Å². The van der Waals surface area contributed by atoms with Crippen LogP contribution in [0.1, 0.15) is 25.2 Å². The van der Waals surface area contributed by atoms with Crippen LogP contribution in [0, 0.1) is 0 Å². The van der Waals surface area contributed by atoms with E-state index in [2.05, 4.69) is 27.0 Å². The molecule has 6 heteroatoms. The maximum Gasteiger partial charge on any atom is 0.318 e. The molecule has 1 aliphatic rings. The zero-order chi connectivity index (χ0) is 12.1. The maximum atomic E-state index is 11.0. The van der Waals surface area contributed by atoms with E-state index in [9.17, 15) is 4.79 Å². The predicted molar refractivity (Wildman–Crippen MR) is 62.4 cm³/mol. The largest absolute Gasteiger partial charge is 0.406 e. The second kappa shape index (κ2) is 5.47. The average Bonchev–Trinajstić information content (AvgIpc) is 2.86. The number of rotatable bonds is 4. The lowest BCUT2D eigenvalue weighted by Crippen LogP contribution is -2.29. The molecule has 17 heavy (non-hydrogen) atoms. The molecule has 1 saturated heterocycles. The Morgan fingerprint density at radius 3 is 2.88 bits per heavy atom. The van der Waals surface area contributed by atoms with Crippen molar-refractivity contribution in [1.82, 2.24) is 15.5 Å². The second-order valence-electron chi connectivity index (χ2n) is 3.95. The Balaban J connectivity index is 1.90. The predicted octanol–water partition coefficient (Wildman–Crippen LogP) is 0.862. The Morgan fingerprint density at radius 1 is 1.41 bits per heavy atom. The van der Waals surface area contributed by atoms with Crippen LogP contribution in [0.3, 0.4) is 0 Å². The van der Waals surface area contributed by atoms with Crippen LogP contribution < -0.4 is 10.2 Å². The summed E-state index contributed by atoms with van der Waals surface area (Å²) in [5, 5.41) is 10.5. The number of nitrogens with zero attached hydrogens (tertiary/aromatic N) is 3. The van der Waals surface area contributed by atoms with Crippen LogP contribution in [0.5, 0.6) is 0 Å². The van der Waals surface area contributed by atoms with Crippen LogP contribution in [0.15, 0.2) is 17.1 Å². The number of nitrogens with one attached hydrogen (secondary N) is 1. The number of hydrogen-bond donors (Lipinski definition) is 1. The van der Waals surface area contributed by atoms with Gasteiger partial charge in [-0.3, -0.25) is 4.79 Å². The first-order valence-electron chi connectivity index (χ1n) is 5.77. The molecule has 0 radical (unpaired) electrons. The molecule has 1 N–H and O–H groups in total. The summed E-state index contributed by atoms with van der Waals surface area (Å²) in [5.41, 5.74) is 0. The highest BCUT2D eigenvalue weighted by atomic mass is 16.4. The molecule has 1 aliphatic heterocycles. The quantitative estimate of drug-likeness (QED) is 0.785. The van der Waals surface area contributed by atoms with Crippen molar-refractivity contribution >= 4 is 11.9 Å². The molecular weight excluding hydrogens is 220 g/mol. The molecule has 0 aliphatic carbocycles. The standard InChI is InChI=1S/C11H16N4O2/c1-2-9(16)12-8-10-13-14-11(17-10)15-6-4-3-5-7-15/h2H,1,3-8H2,(H,12,16). The Morgan fingerprint density at radius 2 is 2.18 bits per heavy atom. The molecule has 0 aromatic carbocycles. The van der Waals surface area contributed by atoms with Gasteiger partial charge in [-0.25, -0.2) is 0 Å². The summed E-state index contributed by atoms with van der Waals surface area (Å²) in [4.78, 5) is 13.0. The molecule has 2 heterocycles. The molecule has 0 atom stereocenters. The molecule has 2 rings (SSSR count). The van der Waals surface area contributed by atoms with Crippen LogP contribution in [0.25, 0.3) is 0 Å². The first-order chi connectivity index (χ1) is 8.29. The first-order valence-corrected chi connectivity index (χ1v) is 5.77. The fourth-order valence-electron chi connectivity index (χ4n) is 1.76. The van der Waals surface area contributed by atoms with Gasteiger partial charge in [0.25, 0.3) is 0 Å². The van der Waals surface area contributed by atoms with E-state index in [-0.39, 0.29) is 12.5 Å². The van der Waals surface area contributed by atoms with Gasteiger partial charge in [-0.2, -0.15) is 0 Å². The third-order valence-electron chi connectivity index (χ3n) is 2.68. The number of piperidine rings is 1. The fraction of sp³-hybridized carbons (Fsp3) is 0.545. The zero-order valence-corrected chi connectivity index (χ0v) is 9.69. The molecule has 1 amide bonds. The van der Waals surface area contributed by atoms with Gasteiger partial charge in [0.15, 0.2) is 0 Å². The molecule has 1 aromatic rings. The summed E-state index contributed by atoms with van der Waals surface area (Å²) in [6, 6.07) is 0.549. The molecule has 0 bridgehead atoms. The van der Waals surface area contributed by atoms with Gasteiger partial charge in [-0.15, -0.1) is 5.10 Å². The van der Waals surface area contributed by atoms with Crippen LogP contribution in [-0.4, -0.2) is 29.2 Å². The van der Waals surface area contributed by atoms with Gasteiger partial charge in [0.05, 0.1) is 6.54 Å². The summed E-state index contributed by atoms with van der Waals surface area (Å²) in [7, 11) is 0. The summed E-state index contributed by atoms with van der Waals surface area (Å²) < 4.78 is 5.47. The highest BCUT2D eigenvalue weighted by molar-refractivity contribution is 5.86. The fourth-order valence-corrected chi connectivity index (χ4v) is 1.76. The van der Waals surface area contributed by atoms with Crippen LogP contribution in [0.4, 0.5) is 6.01 Å². The number of anilines is 1. The van der Waals surface area contributed by atoms with Crippen molar-refractivity contribution in [2.75, 3.05) is 18.0 Å². The minimum atomic E-state index is -0.247. The minimum Gasteiger partial charge on any atom is -0.406 e. The van der Waals surface area contributed by atoms with Gasteiger partial charge in [0.2, 0.25) is 11.8 Å². The summed E-state index contributed by atoms with van der Waals surface area (Å²) >= 11 is 0. The van der Waals surface area contributed by atoms with Gasteiger partial charge in [-0.05, 0) is 25.3 Å². The Bertz CT molecular complexity index is 396. The van der Waals surface area contributed by atoms with E-state index in [1.165, 1.54) is 12.5 Å². The number of amides is 1. The summed E-state index contributed by atoms with van der Waals surface area (Å²) in [6.07, 6.45) is 4.78. The number of aromatic nitrogens is 2. The van der Waals surface area contributed by atoms with E-state index < -0.39 is 0 Å². The van der Waals surface area contributed by atoms with Crippen molar-refractivity contribution in [2.45, 2.75) is 25.8 Å². The highest BCUT2D eigenvalue weighted by Gasteiger charge is 2.16. The Hall–Kier alpha value is -1.85. The maximum absolute atomic E-state index is 11.0. The molecule has 0 saturated carbocycles. The number of carbonyl (C=O) groups is 1. The van der Waals surface area contributed by atoms with E-state index in [0.29, 0.717) is 11.9 Å². The van der Waals surface area contributed by atoms with Crippen molar-refractivity contribution in [1.29, 1.82) is 0 Å². The van der Waals surface area contributed by atoms with Gasteiger partial charge in [0.1, 0.15) is 0 Å². The molecule has 92 valence electrons. The lowest BCUT2D eigenvalue weighted by atomic mass is 10.1. The van der Waals surface area contributed by atoms with Crippen LogP contribution in [-0.2, 0) is 11.3 Å². The van der Waals surface area contributed by atoms with E-state index in [0.717, 1.165) is 25.9 Å². The van der Waals surface area contributed by atoms with Crippen molar-refractivity contribution in [3.05, 3.63) is 18.5 Å². The molecule has 1 aromatic heterocycles.